The van der Waals surface area contributed by atoms with Crippen LogP contribution in [0.3, 0.4) is 0 Å². The molecule has 0 bridgehead atoms. The molecule has 1 fully saturated rings. The molecular weight excluding hydrogens is 290 g/mol. The third-order valence-electron chi connectivity index (χ3n) is 4.03. The van der Waals surface area contributed by atoms with Gasteiger partial charge in [-0.25, -0.2) is 0 Å². The third kappa shape index (κ3) is 6.54. The maximum Gasteiger partial charge on any atom is 0.191 e. The topological polar surface area (TPSA) is 72.8 Å². The Hall–Kier alpha value is -1.66. The number of nitrogens with one attached hydrogen (secondary N) is 2. The molecule has 6 heteroatoms. The Bertz CT molecular complexity index is 459. The Morgan fingerprint density at radius 3 is 2.70 bits per heavy atom. The van der Waals surface area contributed by atoms with Gasteiger partial charge >= 0.3 is 0 Å². The molecule has 2 rings (SSSR count). The lowest BCUT2D eigenvalue weighted by atomic mass is 10.1. The van der Waals surface area contributed by atoms with Gasteiger partial charge in [-0.1, -0.05) is 6.42 Å². The summed E-state index contributed by atoms with van der Waals surface area (Å²) in [6, 6.07) is 3.63. The SMILES string of the molecule is CCNC(=NCC(O)c1ccncc1)NCCN1CCCCC1. The van der Waals surface area contributed by atoms with Crippen molar-refractivity contribution in [1.29, 1.82) is 0 Å². The molecule has 0 radical (unpaired) electrons. The highest BCUT2D eigenvalue weighted by atomic mass is 16.3. The Balaban J connectivity index is 1.77. The van der Waals surface area contributed by atoms with Crippen molar-refractivity contribution < 1.29 is 5.11 Å². The summed E-state index contributed by atoms with van der Waals surface area (Å²) in [6.45, 7) is 7.51. The van der Waals surface area contributed by atoms with Gasteiger partial charge in [-0.05, 0) is 50.6 Å². The summed E-state index contributed by atoms with van der Waals surface area (Å²) in [4.78, 5) is 10.9. The fourth-order valence-electron chi connectivity index (χ4n) is 2.73. The second kappa shape index (κ2) is 10.2. The monoisotopic (exact) mass is 319 g/mol. The molecule has 1 aromatic rings. The number of aliphatic hydroxyl groups is 1. The number of aliphatic hydroxyl groups excluding tert-OH is 1. The van der Waals surface area contributed by atoms with E-state index < -0.39 is 6.10 Å². The second-order valence-corrected chi connectivity index (χ2v) is 5.85. The second-order valence-electron chi connectivity index (χ2n) is 5.85. The Morgan fingerprint density at radius 2 is 2.00 bits per heavy atom. The molecule has 3 N–H and O–H groups in total. The first-order valence-corrected chi connectivity index (χ1v) is 8.62. The largest absolute Gasteiger partial charge is 0.386 e. The average Bonchev–Trinajstić information content (AvgIpc) is 2.61. The summed E-state index contributed by atoms with van der Waals surface area (Å²) >= 11 is 0. The van der Waals surface area contributed by atoms with Gasteiger partial charge in [0.25, 0.3) is 0 Å². The molecule has 1 unspecified atom stereocenters. The van der Waals surface area contributed by atoms with Crippen LogP contribution in [-0.4, -0.2) is 60.2 Å². The number of hydrogen-bond acceptors (Lipinski definition) is 4. The molecular formula is C17H29N5O. The summed E-state index contributed by atoms with van der Waals surface area (Å²) in [5, 5.41) is 16.7. The van der Waals surface area contributed by atoms with Crippen LogP contribution in [0.5, 0.6) is 0 Å². The van der Waals surface area contributed by atoms with Crippen molar-refractivity contribution in [3.8, 4) is 0 Å². The van der Waals surface area contributed by atoms with Crippen molar-refractivity contribution in [1.82, 2.24) is 20.5 Å². The minimum absolute atomic E-state index is 0.336. The zero-order valence-corrected chi connectivity index (χ0v) is 14.0. The molecule has 1 aromatic heterocycles. The van der Waals surface area contributed by atoms with Crippen molar-refractivity contribution in [2.45, 2.75) is 32.3 Å². The highest BCUT2D eigenvalue weighted by Crippen LogP contribution is 2.11. The van der Waals surface area contributed by atoms with Gasteiger partial charge in [0, 0.05) is 32.0 Å². The maximum absolute atomic E-state index is 10.2. The summed E-state index contributed by atoms with van der Waals surface area (Å²) in [6.07, 6.45) is 6.75. The maximum atomic E-state index is 10.2. The van der Waals surface area contributed by atoms with Crippen molar-refractivity contribution in [3.63, 3.8) is 0 Å². The van der Waals surface area contributed by atoms with Gasteiger partial charge in [-0.15, -0.1) is 0 Å². The molecule has 0 spiro atoms. The van der Waals surface area contributed by atoms with E-state index in [9.17, 15) is 5.11 Å². The molecule has 0 aromatic carbocycles. The molecule has 128 valence electrons. The van der Waals surface area contributed by atoms with Crippen molar-refractivity contribution in [3.05, 3.63) is 30.1 Å². The molecule has 1 saturated heterocycles. The number of likely N-dealkylation sites (tertiary alicyclic amines) is 1. The van der Waals surface area contributed by atoms with Gasteiger partial charge in [0.2, 0.25) is 0 Å². The molecule has 0 saturated carbocycles. The number of hydrogen-bond donors (Lipinski definition) is 3. The molecule has 1 aliphatic rings. The average molecular weight is 319 g/mol. The lowest BCUT2D eigenvalue weighted by Crippen LogP contribution is -2.42. The zero-order valence-electron chi connectivity index (χ0n) is 14.0. The predicted octanol–water partition coefficient (Wildman–Crippen LogP) is 1.16. The fraction of sp³-hybridized carbons (Fsp3) is 0.647. The van der Waals surface area contributed by atoms with E-state index in [-0.39, 0.29) is 0 Å². The number of nitrogens with zero attached hydrogens (tertiary/aromatic N) is 3. The summed E-state index contributed by atoms with van der Waals surface area (Å²) in [5.41, 5.74) is 0.841. The van der Waals surface area contributed by atoms with E-state index in [0.29, 0.717) is 6.54 Å². The van der Waals surface area contributed by atoms with Crippen LogP contribution in [0.2, 0.25) is 0 Å². The van der Waals surface area contributed by atoms with Gasteiger partial charge in [0.15, 0.2) is 5.96 Å². The molecule has 0 amide bonds. The van der Waals surface area contributed by atoms with Gasteiger partial charge in [-0.2, -0.15) is 0 Å². The summed E-state index contributed by atoms with van der Waals surface area (Å²) in [5.74, 6) is 0.762. The van der Waals surface area contributed by atoms with Crippen LogP contribution >= 0.6 is 0 Å². The molecule has 6 nitrogen and oxygen atoms in total. The number of aromatic nitrogens is 1. The van der Waals surface area contributed by atoms with Gasteiger partial charge < -0.3 is 20.6 Å². The smallest absolute Gasteiger partial charge is 0.191 e. The molecule has 1 aliphatic heterocycles. The first kappa shape index (κ1) is 17.7. The number of pyridine rings is 1. The van der Waals surface area contributed by atoms with E-state index in [0.717, 1.165) is 31.2 Å². The summed E-state index contributed by atoms with van der Waals surface area (Å²) in [7, 11) is 0. The number of rotatable bonds is 7. The lowest BCUT2D eigenvalue weighted by molar-refractivity contribution is 0.187. The van der Waals surface area contributed by atoms with Crippen molar-refractivity contribution in [2.24, 2.45) is 4.99 Å². The van der Waals surface area contributed by atoms with Crippen molar-refractivity contribution >= 4 is 5.96 Å². The van der Waals surface area contributed by atoms with E-state index in [1.165, 1.54) is 32.4 Å². The van der Waals surface area contributed by atoms with E-state index in [1.807, 2.05) is 19.1 Å². The molecule has 0 aliphatic carbocycles. The number of piperidine rings is 1. The molecule has 23 heavy (non-hydrogen) atoms. The Morgan fingerprint density at radius 1 is 1.26 bits per heavy atom. The number of guanidine groups is 1. The zero-order chi connectivity index (χ0) is 16.3. The predicted molar refractivity (Wildman–Crippen MR) is 93.5 cm³/mol. The minimum Gasteiger partial charge on any atom is -0.386 e. The van der Waals surface area contributed by atoms with Crippen LogP contribution in [0.15, 0.2) is 29.5 Å². The van der Waals surface area contributed by atoms with Crippen LogP contribution in [0.25, 0.3) is 0 Å². The Kier molecular flexibility index (Phi) is 7.83. The van der Waals surface area contributed by atoms with Crippen LogP contribution in [0.4, 0.5) is 0 Å². The summed E-state index contributed by atoms with van der Waals surface area (Å²) < 4.78 is 0. The highest BCUT2D eigenvalue weighted by molar-refractivity contribution is 5.79. The van der Waals surface area contributed by atoms with E-state index in [4.69, 9.17) is 0 Å². The van der Waals surface area contributed by atoms with Crippen molar-refractivity contribution in [2.75, 3.05) is 39.3 Å². The molecule has 2 heterocycles. The number of aliphatic imine (C=N–C) groups is 1. The van der Waals surface area contributed by atoms with Gasteiger partial charge in [0.05, 0.1) is 12.6 Å². The van der Waals surface area contributed by atoms with E-state index in [2.05, 4.69) is 25.5 Å². The molecule has 1 atom stereocenters. The highest BCUT2D eigenvalue weighted by Gasteiger charge is 2.10. The minimum atomic E-state index is -0.601. The third-order valence-corrected chi connectivity index (χ3v) is 4.03. The van der Waals surface area contributed by atoms with E-state index in [1.54, 1.807) is 12.4 Å². The van der Waals surface area contributed by atoms with Crippen LogP contribution in [0, 0.1) is 0 Å². The normalized spacial score (nSPS) is 17.7. The van der Waals surface area contributed by atoms with Crippen LogP contribution in [0.1, 0.15) is 37.9 Å². The van der Waals surface area contributed by atoms with Crippen LogP contribution < -0.4 is 10.6 Å². The van der Waals surface area contributed by atoms with Gasteiger partial charge in [-0.3, -0.25) is 9.98 Å². The first-order chi connectivity index (χ1) is 11.3. The van der Waals surface area contributed by atoms with E-state index >= 15 is 0 Å². The van der Waals surface area contributed by atoms with Crippen LogP contribution in [-0.2, 0) is 0 Å². The lowest BCUT2D eigenvalue weighted by Gasteiger charge is -2.26. The standard InChI is InChI=1S/C17H29N5O/c1-2-19-17(20-10-13-22-11-4-3-5-12-22)21-14-16(23)15-6-8-18-9-7-15/h6-9,16,23H,2-5,10-14H2,1H3,(H2,19,20,21). The Labute approximate surface area is 139 Å². The first-order valence-electron chi connectivity index (χ1n) is 8.62. The quantitative estimate of drug-likeness (QED) is 0.519. The van der Waals surface area contributed by atoms with Gasteiger partial charge in [0.1, 0.15) is 0 Å². The fourth-order valence-corrected chi connectivity index (χ4v) is 2.73.